The van der Waals surface area contributed by atoms with E-state index in [-0.39, 0.29) is 0 Å². The minimum atomic E-state index is 0.571. The van der Waals surface area contributed by atoms with Gasteiger partial charge in [0.2, 0.25) is 0 Å². The van der Waals surface area contributed by atoms with Gasteiger partial charge in [-0.2, -0.15) is 0 Å². The molecule has 0 spiro atoms. The molecule has 2 heterocycles. The summed E-state index contributed by atoms with van der Waals surface area (Å²) in [4.78, 5) is 6.89. The molecule has 0 bridgehead atoms. The molecule has 1 aromatic rings. The van der Waals surface area contributed by atoms with E-state index >= 15 is 0 Å². The fourth-order valence-corrected chi connectivity index (χ4v) is 2.19. The summed E-state index contributed by atoms with van der Waals surface area (Å²) in [5, 5.41) is 0. The van der Waals surface area contributed by atoms with Gasteiger partial charge in [-0.3, -0.25) is 4.98 Å². The van der Waals surface area contributed by atoms with E-state index in [2.05, 4.69) is 29.1 Å². The van der Waals surface area contributed by atoms with Crippen LogP contribution in [0.5, 0.6) is 0 Å². The topological polar surface area (TPSA) is 25.4 Å². The van der Waals surface area contributed by atoms with E-state index in [1.807, 2.05) is 13.0 Å². The Labute approximate surface area is 97.4 Å². The van der Waals surface area contributed by atoms with Gasteiger partial charge in [0.15, 0.2) is 0 Å². The first-order valence-corrected chi connectivity index (χ1v) is 5.93. The molecule has 88 valence electrons. The molecule has 0 N–H and O–H groups in total. The second kappa shape index (κ2) is 5.41. The molecule has 1 saturated heterocycles. The average Bonchev–Trinajstić information content (AvgIpc) is 2.43. The van der Waals surface area contributed by atoms with Crippen LogP contribution in [-0.4, -0.2) is 43.2 Å². The van der Waals surface area contributed by atoms with Crippen LogP contribution in [-0.2, 0) is 11.2 Å². The Hall–Kier alpha value is -0.930. The summed E-state index contributed by atoms with van der Waals surface area (Å²) in [5.74, 6) is 0.571. The first-order valence-electron chi connectivity index (χ1n) is 5.93. The van der Waals surface area contributed by atoms with Crippen molar-refractivity contribution in [2.45, 2.75) is 13.3 Å². The van der Waals surface area contributed by atoms with E-state index in [0.717, 1.165) is 38.4 Å². The number of ether oxygens (including phenoxy) is 1. The van der Waals surface area contributed by atoms with Crippen molar-refractivity contribution in [2.24, 2.45) is 5.92 Å². The molecule has 1 aliphatic heterocycles. The summed E-state index contributed by atoms with van der Waals surface area (Å²) >= 11 is 0. The Bertz CT molecular complexity index is 340. The number of aryl methyl sites for hydroxylation is 1. The fourth-order valence-electron chi connectivity index (χ4n) is 2.19. The highest BCUT2D eigenvalue weighted by Crippen LogP contribution is 2.11. The quantitative estimate of drug-likeness (QED) is 0.755. The van der Waals surface area contributed by atoms with Crippen molar-refractivity contribution in [3.8, 4) is 0 Å². The number of aromatic nitrogens is 1. The lowest BCUT2D eigenvalue weighted by Gasteiger charge is -2.18. The molecule has 0 radical (unpaired) electrons. The standard InChI is InChI=1S/C13H20N2O/c1-11-4-3-5-13(14-11)8-12-9-15(2)6-7-16-10-12/h3-5,12H,6-10H2,1-2H3. The van der Waals surface area contributed by atoms with Gasteiger partial charge in [0.05, 0.1) is 13.2 Å². The van der Waals surface area contributed by atoms with Crippen molar-refractivity contribution < 1.29 is 4.74 Å². The first kappa shape index (κ1) is 11.6. The minimum Gasteiger partial charge on any atom is -0.380 e. The molecule has 0 aromatic carbocycles. The van der Waals surface area contributed by atoms with Gasteiger partial charge in [0.1, 0.15) is 0 Å². The lowest BCUT2D eigenvalue weighted by molar-refractivity contribution is 0.122. The van der Waals surface area contributed by atoms with Gasteiger partial charge >= 0.3 is 0 Å². The van der Waals surface area contributed by atoms with Gasteiger partial charge in [0, 0.05) is 30.4 Å². The van der Waals surface area contributed by atoms with E-state index < -0.39 is 0 Å². The normalized spacial score (nSPS) is 23.0. The molecule has 1 unspecified atom stereocenters. The van der Waals surface area contributed by atoms with Crippen molar-refractivity contribution in [1.29, 1.82) is 0 Å². The number of likely N-dealkylation sites (N-methyl/N-ethyl adjacent to an activating group) is 1. The monoisotopic (exact) mass is 220 g/mol. The van der Waals surface area contributed by atoms with Crippen LogP contribution in [0.1, 0.15) is 11.4 Å². The predicted octanol–water partition coefficient (Wildman–Crippen LogP) is 1.51. The second-order valence-corrected chi connectivity index (χ2v) is 4.68. The van der Waals surface area contributed by atoms with Crippen LogP contribution in [0.2, 0.25) is 0 Å². The van der Waals surface area contributed by atoms with Crippen LogP contribution in [0.25, 0.3) is 0 Å². The largest absolute Gasteiger partial charge is 0.380 e. The Morgan fingerprint density at radius 1 is 1.50 bits per heavy atom. The maximum absolute atomic E-state index is 5.61. The smallest absolute Gasteiger partial charge is 0.0593 e. The lowest BCUT2D eigenvalue weighted by atomic mass is 10.0. The molecular weight excluding hydrogens is 200 g/mol. The molecule has 0 aliphatic carbocycles. The van der Waals surface area contributed by atoms with Gasteiger partial charge < -0.3 is 9.64 Å². The summed E-state index contributed by atoms with van der Waals surface area (Å²) < 4.78 is 5.61. The third-order valence-corrected chi connectivity index (χ3v) is 2.98. The Morgan fingerprint density at radius 3 is 3.19 bits per heavy atom. The van der Waals surface area contributed by atoms with E-state index in [9.17, 15) is 0 Å². The van der Waals surface area contributed by atoms with E-state index in [1.165, 1.54) is 5.69 Å². The van der Waals surface area contributed by atoms with E-state index in [0.29, 0.717) is 5.92 Å². The predicted molar refractivity (Wildman–Crippen MR) is 64.5 cm³/mol. The molecule has 16 heavy (non-hydrogen) atoms. The zero-order valence-electron chi connectivity index (χ0n) is 10.1. The van der Waals surface area contributed by atoms with Crippen LogP contribution in [0.4, 0.5) is 0 Å². The maximum Gasteiger partial charge on any atom is 0.0593 e. The Balaban J connectivity index is 1.97. The Morgan fingerprint density at radius 2 is 2.38 bits per heavy atom. The van der Waals surface area contributed by atoms with Gasteiger partial charge in [-0.1, -0.05) is 6.07 Å². The van der Waals surface area contributed by atoms with Gasteiger partial charge in [-0.05, 0) is 32.5 Å². The fraction of sp³-hybridized carbons (Fsp3) is 0.615. The third kappa shape index (κ3) is 3.29. The van der Waals surface area contributed by atoms with Crippen molar-refractivity contribution in [1.82, 2.24) is 9.88 Å². The van der Waals surface area contributed by atoms with Crippen molar-refractivity contribution in [3.63, 3.8) is 0 Å². The van der Waals surface area contributed by atoms with Crippen molar-refractivity contribution >= 4 is 0 Å². The molecule has 3 heteroatoms. The van der Waals surface area contributed by atoms with E-state index in [1.54, 1.807) is 0 Å². The maximum atomic E-state index is 5.61. The van der Waals surface area contributed by atoms with Crippen LogP contribution in [0.15, 0.2) is 18.2 Å². The highest BCUT2D eigenvalue weighted by molar-refractivity contribution is 5.10. The molecule has 1 fully saturated rings. The van der Waals surface area contributed by atoms with Crippen LogP contribution >= 0.6 is 0 Å². The molecule has 1 aliphatic rings. The number of hydrogen-bond donors (Lipinski definition) is 0. The van der Waals surface area contributed by atoms with Gasteiger partial charge in [-0.15, -0.1) is 0 Å². The van der Waals surface area contributed by atoms with Crippen molar-refractivity contribution in [3.05, 3.63) is 29.6 Å². The number of pyridine rings is 1. The number of nitrogens with zero attached hydrogens (tertiary/aromatic N) is 2. The molecule has 1 aromatic heterocycles. The first-order chi connectivity index (χ1) is 7.74. The lowest BCUT2D eigenvalue weighted by Crippen LogP contribution is -2.27. The zero-order valence-corrected chi connectivity index (χ0v) is 10.1. The van der Waals surface area contributed by atoms with Gasteiger partial charge in [-0.25, -0.2) is 0 Å². The van der Waals surface area contributed by atoms with Gasteiger partial charge in [0.25, 0.3) is 0 Å². The van der Waals surface area contributed by atoms with Crippen LogP contribution < -0.4 is 0 Å². The van der Waals surface area contributed by atoms with Crippen LogP contribution in [0.3, 0.4) is 0 Å². The van der Waals surface area contributed by atoms with Crippen molar-refractivity contribution in [2.75, 3.05) is 33.4 Å². The molecule has 2 rings (SSSR count). The minimum absolute atomic E-state index is 0.571. The highest BCUT2D eigenvalue weighted by Gasteiger charge is 2.16. The summed E-state index contributed by atoms with van der Waals surface area (Å²) in [6, 6.07) is 6.23. The molecule has 0 amide bonds. The molecule has 1 atom stereocenters. The Kier molecular flexibility index (Phi) is 3.91. The summed E-state index contributed by atoms with van der Waals surface area (Å²) in [6.07, 6.45) is 1.02. The summed E-state index contributed by atoms with van der Waals surface area (Å²) in [5.41, 5.74) is 2.28. The summed E-state index contributed by atoms with van der Waals surface area (Å²) in [7, 11) is 2.16. The van der Waals surface area contributed by atoms with E-state index in [4.69, 9.17) is 4.74 Å². The number of rotatable bonds is 2. The number of hydrogen-bond acceptors (Lipinski definition) is 3. The third-order valence-electron chi connectivity index (χ3n) is 2.98. The zero-order chi connectivity index (χ0) is 11.4. The summed E-state index contributed by atoms with van der Waals surface area (Å²) in [6.45, 7) is 5.90. The molecule has 3 nitrogen and oxygen atoms in total. The molecule has 0 saturated carbocycles. The van der Waals surface area contributed by atoms with Crippen LogP contribution in [0, 0.1) is 12.8 Å². The molecular formula is C13H20N2O. The highest BCUT2D eigenvalue weighted by atomic mass is 16.5. The SMILES string of the molecule is Cc1cccc(CC2COCCN(C)C2)n1. The average molecular weight is 220 g/mol. The second-order valence-electron chi connectivity index (χ2n) is 4.68.